The Bertz CT molecular complexity index is 643. The second kappa shape index (κ2) is 5.71. The zero-order valence-corrected chi connectivity index (χ0v) is 12.5. The maximum atomic E-state index is 12.0. The first-order chi connectivity index (χ1) is 9.28. The lowest BCUT2D eigenvalue weighted by molar-refractivity contribution is -0.384. The minimum atomic E-state index is -3.18. The number of hydrogen-bond donors (Lipinski definition) is 0. The van der Waals surface area contributed by atoms with Crippen molar-refractivity contribution in [1.82, 2.24) is 0 Å². The molecule has 1 heterocycles. The number of hydrogen-bond acceptors (Lipinski definition) is 6. The molecule has 108 valence electrons. The Kier molecular flexibility index (Phi) is 4.36. The van der Waals surface area contributed by atoms with Gasteiger partial charge >= 0.3 is 0 Å². The van der Waals surface area contributed by atoms with Crippen molar-refractivity contribution in [1.29, 1.82) is 0 Å². The molecule has 6 nitrogen and oxygen atoms in total. The molecule has 0 N–H and O–H groups in total. The van der Waals surface area contributed by atoms with Gasteiger partial charge in [-0.2, -0.15) is 0 Å². The number of rotatable bonds is 3. The summed E-state index contributed by atoms with van der Waals surface area (Å²) in [6.45, 7) is 0. The summed E-state index contributed by atoms with van der Waals surface area (Å²) in [5.74, 6) is -0.246. The molecule has 0 saturated carbocycles. The Labute approximate surface area is 124 Å². The van der Waals surface area contributed by atoms with E-state index in [9.17, 15) is 23.3 Å². The molecule has 20 heavy (non-hydrogen) atoms. The number of nitro benzene ring substituents is 1. The summed E-state index contributed by atoms with van der Waals surface area (Å²) in [6, 6.07) is 5.16. The highest BCUT2D eigenvalue weighted by atomic mass is 35.5. The van der Waals surface area contributed by atoms with E-state index in [1.165, 1.54) is 24.3 Å². The van der Waals surface area contributed by atoms with E-state index in [1.807, 2.05) is 0 Å². The molecule has 0 radical (unpaired) electrons. The molecule has 1 aromatic rings. The molecule has 1 aromatic carbocycles. The first kappa shape index (κ1) is 15.3. The highest BCUT2D eigenvalue weighted by Crippen LogP contribution is 2.31. The Morgan fingerprint density at radius 2 is 1.90 bits per heavy atom. The molecule has 1 aliphatic heterocycles. The quantitative estimate of drug-likeness (QED) is 0.475. The number of sulfone groups is 1. The molecule has 9 heteroatoms. The minimum absolute atomic E-state index is 0.106. The van der Waals surface area contributed by atoms with Crippen LogP contribution in [0.25, 0.3) is 0 Å². The van der Waals surface area contributed by atoms with Crippen LogP contribution in [0.4, 0.5) is 5.69 Å². The summed E-state index contributed by atoms with van der Waals surface area (Å²) in [4.78, 5) is 21.9. The maximum absolute atomic E-state index is 12.0. The van der Waals surface area contributed by atoms with Crippen LogP contribution in [0, 0.1) is 10.1 Å². The predicted octanol–water partition coefficient (Wildman–Crippen LogP) is 1.87. The van der Waals surface area contributed by atoms with Gasteiger partial charge in [-0.05, 0) is 12.1 Å². The third-order valence-electron chi connectivity index (χ3n) is 2.81. The Hall–Kier alpha value is -1.12. The van der Waals surface area contributed by atoms with Gasteiger partial charge in [-0.25, -0.2) is 8.42 Å². The monoisotopic (exact) mass is 335 g/mol. The van der Waals surface area contributed by atoms with Crippen LogP contribution in [-0.2, 0) is 9.84 Å². The third-order valence-corrected chi connectivity index (χ3v) is 6.79. The van der Waals surface area contributed by atoms with Crippen LogP contribution < -0.4 is 0 Å². The van der Waals surface area contributed by atoms with E-state index in [1.54, 1.807) is 0 Å². The third kappa shape index (κ3) is 3.50. The van der Waals surface area contributed by atoms with Gasteiger partial charge < -0.3 is 0 Å². The van der Waals surface area contributed by atoms with E-state index in [-0.39, 0.29) is 27.9 Å². The van der Waals surface area contributed by atoms with E-state index in [0.717, 1.165) is 11.8 Å². The number of benzene rings is 1. The van der Waals surface area contributed by atoms with Gasteiger partial charge in [-0.15, -0.1) is 11.6 Å². The van der Waals surface area contributed by atoms with Gasteiger partial charge in [0.05, 0.1) is 21.8 Å². The molecule has 1 saturated heterocycles. The number of nitro groups is 1. The van der Waals surface area contributed by atoms with Crippen LogP contribution in [0.5, 0.6) is 0 Å². The number of alkyl halides is 1. The number of halogens is 1. The van der Waals surface area contributed by atoms with Crippen LogP contribution >= 0.6 is 23.4 Å². The smallest absolute Gasteiger partial charge is 0.269 e. The molecule has 1 aliphatic rings. The van der Waals surface area contributed by atoms with Gasteiger partial charge in [-0.1, -0.05) is 11.8 Å². The number of carbonyl (C=O) groups excluding carboxylic acids is 1. The van der Waals surface area contributed by atoms with Gasteiger partial charge in [0.25, 0.3) is 5.69 Å². The van der Waals surface area contributed by atoms with Crippen LogP contribution in [0.2, 0.25) is 0 Å². The van der Waals surface area contributed by atoms with Crippen molar-refractivity contribution in [2.75, 3.05) is 11.5 Å². The minimum Gasteiger partial charge on any atom is -0.282 e. The number of non-ortho nitro benzene ring substituents is 1. The van der Waals surface area contributed by atoms with Crippen LogP contribution in [0.3, 0.4) is 0 Å². The van der Waals surface area contributed by atoms with E-state index >= 15 is 0 Å². The van der Waals surface area contributed by atoms with Gasteiger partial charge in [0, 0.05) is 22.9 Å². The van der Waals surface area contributed by atoms with Gasteiger partial charge in [-0.3, -0.25) is 14.9 Å². The van der Waals surface area contributed by atoms with E-state index in [0.29, 0.717) is 0 Å². The molecule has 2 rings (SSSR count). The molecule has 0 aromatic heterocycles. The summed E-state index contributed by atoms with van der Waals surface area (Å²) >= 11 is 6.78. The highest BCUT2D eigenvalue weighted by molar-refractivity contribution is 8.15. The second-order valence-electron chi connectivity index (χ2n) is 4.34. The molecular formula is C11H10ClNO5S2. The Morgan fingerprint density at radius 3 is 2.35 bits per heavy atom. The standard InChI is InChI=1S/C11H10ClNO5S2/c12-9-5-20(17,18)6-10(9)19-11(14)7-1-3-8(4-2-7)13(15)16/h1-4,9-10H,5-6H2/t9-,10-/m0/s1. The Morgan fingerprint density at radius 1 is 1.30 bits per heavy atom. The van der Waals surface area contributed by atoms with E-state index < -0.39 is 25.4 Å². The fraction of sp³-hybridized carbons (Fsp3) is 0.364. The van der Waals surface area contributed by atoms with Gasteiger partial charge in [0.15, 0.2) is 9.84 Å². The zero-order valence-electron chi connectivity index (χ0n) is 10.1. The van der Waals surface area contributed by atoms with Crippen molar-refractivity contribution in [2.45, 2.75) is 10.6 Å². The molecule has 0 bridgehead atoms. The predicted molar refractivity (Wildman–Crippen MR) is 77.1 cm³/mol. The highest BCUT2D eigenvalue weighted by Gasteiger charge is 2.38. The molecule has 0 amide bonds. The van der Waals surface area contributed by atoms with Crippen molar-refractivity contribution < 1.29 is 18.1 Å². The topological polar surface area (TPSA) is 94.3 Å². The zero-order chi connectivity index (χ0) is 14.9. The first-order valence-corrected chi connectivity index (χ1v) is 8.72. The molecule has 1 fully saturated rings. The molecule has 0 aliphatic carbocycles. The molecule has 0 unspecified atom stereocenters. The van der Waals surface area contributed by atoms with Crippen molar-refractivity contribution in [2.24, 2.45) is 0 Å². The van der Waals surface area contributed by atoms with Crippen molar-refractivity contribution in [3.8, 4) is 0 Å². The second-order valence-corrected chi connectivity index (χ2v) is 8.27. The summed E-state index contributed by atoms with van der Waals surface area (Å²) in [7, 11) is -3.18. The lowest BCUT2D eigenvalue weighted by Crippen LogP contribution is -2.17. The van der Waals surface area contributed by atoms with Crippen LogP contribution in [0.1, 0.15) is 10.4 Å². The number of carbonyl (C=O) groups is 1. The van der Waals surface area contributed by atoms with Crippen LogP contribution in [-0.4, -0.2) is 40.6 Å². The van der Waals surface area contributed by atoms with Crippen molar-refractivity contribution >= 4 is 44.0 Å². The maximum Gasteiger partial charge on any atom is 0.269 e. The summed E-state index contributed by atoms with van der Waals surface area (Å²) in [6.07, 6.45) is 0. The molecular weight excluding hydrogens is 326 g/mol. The Balaban J connectivity index is 2.07. The summed E-state index contributed by atoms with van der Waals surface area (Å²) < 4.78 is 22.8. The lowest BCUT2D eigenvalue weighted by atomic mass is 10.2. The summed E-state index contributed by atoms with van der Waals surface area (Å²) in [5.41, 5.74) is 0.180. The fourth-order valence-corrected chi connectivity index (χ4v) is 6.12. The lowest BCUT2D eigenvalue weighted by Gasteiger charge is -2.09. The molecule has 0 spiro atoms. The average Bonchev–Trinajstić information content (AvgIpc) is 2.62. The average molecular weight is 336 g/mol. The van der Waals surface area contributed by atoms with Gasteiger partial charge in [0.2, 0.25) is 5.12 Å². The largest absolute Gasteiger partial charge is 0.282 e. The summed E-state index contributed by atoms with van der Waals surface area (Å²) in [5, 5.41) is 9.09. The van der Waals surface area contributed by atoms with E-state index in [2.05, 4.69) is 0 Å². The van der Waals surface area contributed by atoms with Crippen molar-refractivity contribution in [3.05, 3.63) is 39.9 Å². The number of thioether (sulfide) groups is 1. The fourth-order valence-electron chi connectivity index (χ4n) is 1.81. The SMILES string of the molecule is O=C(S[C@H]1CS(=O)(=O)C[C@@H]1Cl)c1ccc([N+](=O)[O-])cc1. The normalized spacial score (nSPS) is 24.4. The van der Waals surface area contributed by atoms with E-state index in [4.69, 9.17) is 11.6 Å². The first-order valence-electron chi connectivity index (χ1n) is 5.58. The van der Waals surface area contributed by atoms with Gasteiger partial charge in [0.1, 0.15) is 0 Å². The van der Waals surface area contributed by atoms with Crippen molar-refractivity contribution in [3.63, 3.8) is 0 Å². The van der Waals surface area contributed by atoms with Crippen LogP contribution in [0.15, 0.2) is 24.3 Å². The molecule has 2 atom stereocenters. The number of nitrogens with zero attached hydrogens (tertiary/aromatic N) is 1.